The number of anilines is 3. The first kappa shape index (κ1) is 19.5. The van der Waals surface area contributed by atoms with E-state index in [-0.39, 0.29) is 18.3 Å². The van der Waals surface area contributed by atoms with Crippen molar-refractivity contribution in [1.29, 1.82) is 0 Å². The van der Waals surface area contributed by atoms with Crippen LogP contribution in [0.2, 0.25) is 0 Å². The van der Waals surface area contributed by atoms with Crippen molar-refractivity contribution in [3.63, 3.8) is 0 Å². The van der Waals surface area contributed by atoms with Crippen molar-refractivity contribution in [2.24, 2.45) is 0 Å². The van der Waals surface area contributed by atoms with Gasteiger partial charge in [-0.25, -0.2) is 9.97 Å². The predicted octanol–water partition coefficient (Wildman–Crippen LogP) is 3.91. The number of hydrogen-bond acceptors (Lipinski definition) is 7. The van der Waals surface area contributed by atoms with Crippen molar-refractivity contribution >= 4 is 23.2 Å². The molecule has 8 nitrogen and oxygen atoms in total. The van der Waals surface area contributed by atoms with Gasteiger partial charge in [0.15, 0.2) is 6.61 Å². The molecule has 32 heavy (non-hydrogen) atoms. The lowest BCUT2D eigenvalue weighted by atomic mass is 10.1. The van der Waals surface area contributed by atoms with Crippen LogP contribution < -0.4 is 15.0 Å². The molecule has 8 heteroatoms. The van der Waals surface area contributed by atoms with Gasteiger partial charge in [0, 0.05) is 35.9 Å². The summed E-state index contributed by atoms with van der Waals surface area (Å²) in [6.45, 7) is 0.401. The molecule has 2 N–H and O–H groups in total. The summed E-state index contributed by atoms with van der Waals surface area (Å²) < 4.78 is 5.63. The van der Waals surface area contributed by atoms with E-state index in [1.165, 1.54) is 0 Å². The summed E-state index contributed by atoms with van der Waals surface area (Å²) in [5, 5.41) is 12.7. The fourth-order valence-corrected chi connectivity index (χ4v) is 3.50. The highest BCUT2D eigenvalue weighted by molar-refractivity contribution is 5.98. The molecule has 0 fully saturated rings. The number of fused-ring (bicyclic) bond motifs is 1. The van der Waals surface area contributed by atoms with Crippen LogP contribution in [0.15, 0.2) is 79.3 Å². The zero-order valence-electron chi connectivity index (χ0n) is 17.0. The van der Waals surface area contributed by atoms with E-state index in [2.05, 4.69) is 20.3 Å². The first-order valence-corrected chi connectivity index (χ1v) is 10.0. The number of aromatic hydroxyl groups is 1. The summed E-state index contributed by atoms with van der Waals surface area (Å²) in [4.78, 5) is 27.3. The van der Waals surface area contributed by atoms with Gasteiger partial charge in [-0.15, -0.1) is 0 Å². The van der Waals surface area contributed by atoms with Gasteiger partial charge in [-0.3, -0.25) is 9.78 Å². The summed E-state index contributed by atoms with van der Waals surface area (Å²) in [5.41, 5.74) is 3.79. The number of amides is 1. The van der Waals surface area contributed by atoms with Crippen LogP contribution in [0.25, 0.3) is 11.3 Å². The van der Waals surface area contributed by atoms with Crippen LogP contribution in [0, 0.1) is 0 Å². The molecule has 2 aromatic carbocycles. The van der Waals surface area contributed by atoms with Crippen molar-refractivity contribution in [3.05, 3.63) is 84.8 Å². The second-order valence-corrected chi connectivity index (χ2v) is 7.25. The molecule has 1 aliphatic heterocycles. The standard InChI is InChI=1S/C24H19N5O3/c30-19-5-1-4-18(12-19)27-24-26-10-8-20(28-24)17-6-7-22-21(11-17)29(23(31)15-32-22)14-16-3-2-9-25-13-16/h1-13,30H,14-15H2,(H,26,27,28). The van der Waals surface area contributed by atoms with E-state index in [0.717, 1.165) is 11.1 Å². The van der Waals surface area contributed by atoms with Gasteiger partial charge in [0.1, 0.15) is 11.5 Å². The van der Waals surface area contributed by atoms with Crippen molar-refractivity contribution in [2.45, 2.75) is 6.54 Å². The molecule has 0 radical (unpaired) electrons. The maximum Gasteiger partial charge on any atom is 0.265 e. The lowest BCUT2D eigenvalue weighted by molar-refractivity contribution is -0.121. The second-order valence-electron chi connectivity index (χ2n) is 7.25. The molecule has 3 heterocycles. The van der Waals surface area contributed by atoms with E-state index in [4.69, 9.17) is 4.74 Å². The van der Waals surface area contributed by atoms with Gasteiger partial charge in [-0.2, -0.15) is 0 Å². The van der Waals surface area contributed by atoms with Crippen molar-refractivity contribution in [2.75, 3.05) is 16.8 Å². The molecule has 5 rings (SSSR count). The van der Waals surface area contributed by atoms with Gasteiger partial charge >= 0.3 is 0 Å². The molecule has 158 valence electrons. The third-order valence-electron chi connectivity index (χ3n) is 5.02. The number of nitrogens with one attached hydrogen (secondary N) is 1. The summed E-state index contributed by atoms with van der Waals surface area (Å²) >= 11 is 0. The number of ether oxygens (including phenoxy) is 1. The van der Waals surface area contributed by atoms with E-state index in [1.54, 1.807) is 47.8 Å². The molecule has 0 unspecified atom stereocenters. The molecule has 0 saturated carbocycles. The topological polar surface area (TPSA) is 100 Å². The first-order valence-electron chi connectivity index (χ1n) is 10.0. The van der Waals surface area contributed by atoms with Crippen molar-refractivity contribution < 1.29 is 14.6 Å². The molecule has 4 aromatic rings. The highest BCUT2D eigenvalue weighted by atomic mass is 16.5. The van der Waals surface area contributed by atoms with Crippen LogP contribution in [0.1, 0.15) is 5.56 Å². The minimum absolute atomic E-state index is 0.00188. The monoisotopic (exact) mass is 425 g/mol. The highest BCUT2D eigenvalue weighted by Gasteiger charge is 2.26. The number of rotatable bonds is 5. The Bertz CT molecular complexity index is 1280. The summed E-state index contributed by atoms with van der Waals surface area (Å²) in [6.07, 6.45) is 5.10. The number of hydrogen-bond donors (Lipinski definition) is 2. The van der Waals surface area contributed by atoms with Gasteiger partial charge in [0.25, 0.3) is 5.91 Å². The van der Waals surface area contributed by atoms with Crippen LogP contribution >= 0.6 is 0 Å². The highest BCUT2D eigenvalue weighted by Crippen LogP contribution is 2.36. The SMILES string of the molecule is O=C1COc2ccc(-c3ccnc(Nc4cccc(O)c4)n3)cc2N1Cc1cccnc1. The largest absolute Gasteiger partial charge is 0.508 e. The van der Waals surface area contributed by atoms with Crippen LogP contribution in [-0.4, -0.2) is 32.6 Å². The van der Waals surface area contributed by atoms with Crippen molar-refractivity contribution in [3.8, 4) is 22.8 Å². The number of benzene rings is 2. The predicted molar refractivity (Wildman–Crippen MR) is 120 cm³/mol. The average Bonchev–Trinajstić information content (AvgIpc) is 2.81. The number of carbonyl (C=O) groups is 1. The number of pyridine rings is 1. The van der Waals surface area contributed by atoms with Gasteiger partial charge in [0.05, 0.1) is 17.9 Å². The molecular weight excluding hydrogens is 406 g/mol. The van der Waals surface area contributed by atoms with Gasteiger partial charge in [-0.05, 0) is 48.0 Å². The Morgan fingerprint density at radius 2 is 2.00 bits per heavy atom. The minimum Gasteiger partial charge on any atom is -0.508 e. The summed E-state index contributed by atoms with van der Waals surface area (Å²) in [5.74, 6) is 1.07. The average molecular weight is 425 g/mol. The Morgan fingerprint density at radius 3 is 2.84 bits per heavy atom. The van der Waals surface area contributed by atoms with E-state index in [1.807, 2.05) is 36.4 Å². The zero-order valence-corrected chi connectivity index (χ0v) is 17.0. The Labute approximate surface area is 184 Å². The molecule has 1 aliphatic rings. The fraction of sp³-hybridized carbons (Fsp3) is 0.0833. The molecule has 0 bridgehead atoms. The lowest BCUT2D eigenvalue weighted by Crippen LogP contribution is -2.38. The van der Waals surface area contributed by atoms with Crippen LogP contribution in [-0.2, 0) is 11.3 Å². The number of phenolic OH excluding ortho intramolecular Hbond substituents is 1. The molecule has 2 aromatic heterocycles. The molecule has 0 atom stereocenters. The Hall–Kier alpha value is -4.46. The quantitative estimate of drug-likeness (QED) is 0.500. The summed E-state index contributed by atoms with van der Waals surface area (Å²) in [6, 6.07) is 17.9. The maximum absolute atomic E-state index is 12.6. The third-order valence-corrected chi connectivity index (χ3v) is 5.02. The van der Waals surface area contributed by atoms with E-state index in [9.17, 15) is 9.90 Å². The number of nitrogens with zero attached hydrogens (tertiary/aromatic N) is 4. The van der Waals surface area contributed by atoms with Gasteiger partial charge in [0.2, 0.25) is 5.95 Å². The van der Waals surface area contributed by atoms with E-state index >= 15 is 0 Å². The van der Waals surface area contributed by atoms with Crippen LogP contribution in [0.3, 0.4) is 0 Å². The normalized spacial score (nSPS) is 12.8. The van der Waals surface area contributed by atoms with Crippen molar-refractivity contribution in [1.82, 2.24) is 15.0 Å². The zero-order chi connectivity index (χ0) is 21.9. The molecule has 0 aliphatic carbocycles. The second kappa shape index (κ2) is 8.35. The maximum atomic E-state index is 12.6. The Kier molecular flexibility index (Phi) is 5.09. The molecular formula is C24H19N5O3. The van der Waals surface area contributed by atoms with E-state index < -0.39 is 0 Å². The Balaban J connectivity index is 1.46. The van der Waals surface area contributed by atoms with Gasteiger partial charge in [-0.1, -0.05) is 12.1 Å². The minimum atomic E-state index is -0.118. The lowest BCUT2D eigenvalue weighted by Gasteiger charge is -2.29. The molecule has 0 saturated heterocycles. The number of carbonyl (C=O) groups excluding carboxylic acids is 1. The number of phenols is 1. The van der Waals surface area contributed by atoms with Crippen LogP contribution in [0.5, 0.6) is 11.5 Å². The molecule has 1 amide bonds. The smallest absolute Gasteiger partial charge is 0.265 e. The molecule has 0 spiro atoms. The fourth-order valence-electron chi connectivity index (χ4n) is 3.50. The summed E-state index contributed by atoms with van der Waals surface area (Å²) in [7, 11) is 0. The van der Waals surface area contributed by atoms with E-state index in [0.29, 0.717) is 35.3 Å². The van der Waals surface area contributed by atoms with Crippen LogP contribution in [0.4, 0.5) is 17.3 Å². The first-order chi connectivity index (χ1) is 15.7. The third kappa shape index (κ3) is 4.06. The number of aromatic nitrogens is 3. The Morgan fingerprint density at radius 1 is 1.06 bits per heavy atom. The van der Waals surface area contributed by atoms with Gasteiger partial charge < -0.3 is 20.1 Å².